The molecular weight excluding hydrogens is 294 g/mol. The average molecular weight is 304 g/mol. The van der Waals surface area contributed by atoms with Gasteiger partial charge in [-0.1, -0.05) is 23.4 Å². The monoisotopic (exact) mass is 303 g/mol. The number of hydrogen-bond donors (Lipinski definition) is 0. The Labute approximate surface area is 117 Å². The fourth-order valence-corrected chi connectivity index (χ4v) is 4.44. The highest BCUT2D eigenvalue weighted by Gasteiger charge is 2.19. The van der Waals surface area contributed by atoms with Gasteiger partial charge in [-0.3, -0.25) is 4.79 Å². The van der Waals surface area contributed by atoms with Gasteiger partial charge in [0.05, 0.1) is 14.5 Å². The molecule has 0 aliphatic heterocycles. The van der Waals surface area contributed by atoms with Crippen LogP contribution in [0.2, 0.25) is 4.34 Å². The number of aromatic nitrogens is 1. The Kier molecular flexibility index (Phi) is 4.25. The fraction of sp³-hybridized carbons (Fsp3) is 0.273. The van der Waals surface area contributed by atoms with Gasteiger partial charge in [-0.2, -0.15) is 0 Å². The number of halogens is 1. The molecule has 0 spiro atoms. The minimum Gasteiger partial charge on any atom is -0.292 e. The molecule has 1 unspecified atom stereocenters. The molecule has 0 aliphatic carbocycles. The molecule has 2 aromatic heterocycles. The average Bonchev–Trinajstić information content (AvgIpc) is 2.87. The number of thiophene rings is 1. The van der Waals surface area contributed by atoms with Crippen LogP contribution in [0.3, 0.4) is 0 Å². The molecule has 2 aromatic rings. The number of Topliss-reactive ketones (excluding diaryl/α,β-unsaturated/α-hetero) is 1. The Bertz CT molecular complexity index is 534. The summed E-state index contributed by atoms with van der Waals surface area (Å²) in [5.41, 5.74) is 0.997. The van der Waals surface area contributed by atoms with E-state index >= 15 is 0 Å². The third-order valence-electron chi connectivity index (χ3n) is 2.06. The molecule has 0 aliphatic rings. The number of rotatable bonds is 4. The van der Waals surface area contributed by atoms with E-state index in [1.165, 1.54) is 23.1 Å². The van der Waals surface area contributed by atoms with Gasteiger partial charge in [0, 0.05) is 11.1 Å². The molecule has 0 bridgehead atoms. The van der Waals surface area contributed by atoms with Crippen LogP contribution >= 0.6 is 46.0 Å². The van der Waals surface area contributed by atoms with Gasteiger partial charge in [0.2, 0.25) is 0 Å². The number of aryl methyl sites for hydroxylation is 1. The van der Waals surface area contributed by atoms with E-state index in [-0.39, 0.29) is 11.0 Å². The first-order valence-corrected chi connectivity index (χ1v) is 7.90. The zero-order valence-electron chi connectivity index (χ0n) is 9.27. The summed E-state index contributed by atoms with van der Waals surface area (Å²) in [6, 6.07) is 3.53. The summed E-state index contributed by atoms with van der Waals surface area (Å²) in [4.78, 5) is 17.1. The molecule has 0 saturated heterocycles. The van der Waals surface area contributed by atoms with Crippen LogP contribution in [0.5, 0.6) is 0 Å². The summed E-state index contributed by atoms with van der Waals surface area (Å²) in [7, 11) is 0. The van der Waals surface area contributed by atoms with E-state index in [0.29, 0.717) is 9.21 Å². The minimum absolute atomic E-state index is 0.111. The molecule has 2 nitrogen and oxygen atoms in total. The van der Waals surface area contributed by atoms with Crippen molar-refractivity contribution < 1.29 is 4.79 Å². The van der Waals surface area contributed by atoms with Gasteiger partial charge in [0.25, 0.3) is 0 Å². The van der Waals surface area contributed by atoms with Gasteiger partial charge >= 0.3 is 0 Å². The van der Waals surface area contributed by atoms with E-state index in [0.717, 1.165) is 10.0 Å². The number of thioether (sulfide) groups is 1. The molecule has 0 N–H and O–H groups in total. The van der Waals surface area contributed by atoms with Gasteiger partial charge in [-0.25, -0.2) is 4.98 Å². The van der Waals surface area contributed by atoms with Crippen molar-refractivity contribution >= 4 is 51.8 Å². The standard InChI is InChI=1S/C11H10ClNOS3/c1-6-5-15-11(13-6)16-7(2)10(14)8-3-4-9(12)17-8/h3-5,7H,1-2H3. The van der Waals surface area contributed by atoms with E-state index in [2.05, 4.69) is 4.98 Å². The van der Waals surface area contributed by atoms with Crippen LogP contribution in [0.15, 0.2) is 21.9 Å². The molecule has 0 saturated carbocycles. The normalized spacial score (nSPS) is 12.6. The van der Waals surface area contributed by atoms with Gasteiger partial charge in [-0.05, 0) is 26.0 Å². The van der Waals surface area contributed by atoms with Crippen molar-refractivity contribution in [2.24, 2.45) is 0 Å². The lowest BCUT2D eigenvalue weighted by Gasteiger charge is -2.05. The number of hydrogen-bond acceptors (Lipinski definition) is 5. The van der Waals surface area contributed by atoms with Gasteiger partial charge in [-0.15, -0.1) is 22.7 Å². The lowest BCUT2D eigenvalue weighted by atomic mass is 10.2. The van der Waals surface area contributed by atoms with E-state index < -0.39 is 0 Å². The van der Waals surface area contributed by atoms with Crippen molar-refractivity contribution in [3.63, 3.8) is 0 Å². The first-order chi connectivity index (χ1) is 8.06. The summed E-state index contributed by atoms with van der Waals surface area (Å²) in [6.07, 6.45) is 0. The molecule has 2 heterocycles. The van der Waals surface area contributed by atoms with Gasteiger partial charge in [0.1, 0.15) is 0 Å². The van der Waals surface area contributed by atoms with Crippen LogP contribution in [0, 0.1) is 6.92 Å². The Morgan fingerprint density at radius 2 is 2.29 bits per heavy atom. The van der Waals surface area contributed by atoms with Crippen molar-refractivity contribution in [1.29, 1.82) is 0 Å². The molecular formula is C11H10ClNOS3. The highest BCUT2D eigenvalue weighted by molar-refractivity contribution is 8.02. The zero-order chi connectivity index (χ0) is 12.4. The molecule has 2 rings (SSSR count). The largest absolute Gasteiger partial charge is 0.292 e. The number of carbonyl (C=O) groups is 1. The van der Waals surface area contributed by atoms with Crippen LogP contribution in [-0.2, 0) is 0 Å². The summed E-state index contributed by atoms with van der Waals surface area (Å²) in [5.74, 6) is 0.111. The van der Waals surface area contributed by atoms with E-state index in [9.17, 15) is 4.79 Å². The summed E-state index contributed by atoms with van der Waals surface area (Å²) in [6.45, 7) is 3.85. The quantitative estimate of drug-likeness (QED) is 0.614. The number of nitrogens with zero attached hydrogens (tertiary/aromatic N) is 1. The zero-order valence-corrected chi connectivity index (χ0v) is 12.5. The van der Waals surface area contributed by atoms with Crippen molar-refractivity contribution in [3.05, 3.63) is 32.4 Å². The Morgan fingerprint density at radius 1 is 1.53 bits per heavy atom. The summed E-state index contributed by atoms with van der Waals surface area (Å²) >= 11 is 10.2. The fourth-order valence-electron chi connectivity index (χ4n) is 1.24. The molecule has 0 amide bonds. The molecule has 90 valence electrons. The first-order valence-electron chi connectivity index (χ1n) is 4.94. The topological polar surface area (TPSA) is 30.0 Å². The highest BCUT2D eigenvalue weighted by atomic mass is 35.5. The molecule has 17 heavy (non-hydrogen) atoms. The van der Waals surface area contributed by atoms with Crippen LogP contribution in [0.4, 0.5) is 0 Å². The predicted octanol–water partition coefficient (Wildman–Crippen LogP) is 4.53. The second-order valence-electron chi connectivity index (χ2n) is 3.48. The van der Waals surface area contributed by atoms with Crippen molar-refractivity contribution in [2.45, 2.75) is 23.4 Å². The van der Waals surface area contributed by atoms with Gasteiger partial charge < -0.3 is 0 Å². The maximum Gasteiger partial charge on any atom is 0.185 e. The van der Waals surface area contributed by atoms with Crippen LogP contribution in [0.25, 0.3) is 0 Å². The molecule has 0 radical (unpaired) electrons. The molecule has 6 heteroatoms. The van der Waals surface area contributed by atoms with E-state index in [1.54, 1.807) is 23.5 Å². The number of thiazole rings is 1. The second kappa shape index (κ2) is 5.52. The third kappa shape index (κ3) is 3.31. The lowest BCUT2D eigenvalue weighted by molar-refractivity contribution is 0.0998. The Balaban J connectivity index is 2.05. The number of ketones is 1. The molecule has 1 atom stereocenters. The number of carbonyl (C=O) groups excluding carboxylic acids is 1. The van der Waals surface area contributed by atoms with Crippen molar-refractivity contribution in [1.82, 2.24) is 4.98 Å². The van der Waals surface area contributed by atoms with Gasteiger partial charge in [0.15, 0.2) is 10.1 Å². The lowest BCUT2D eigenvalue weighted by Crippen LogP contribution is -2.11. The van der Waals surface area contributed by atoms with Crippen molar-refractivity contribution in [3.8, 4) is 0 Å². The predicted molar refractivity (Wildman–Crippen MR) is 75.8 cm³/mol. The van der Waals surface area contributed by atoms with Crippen LogP contribution in [-0.4, -0.2) is 16.0 Å². The maximum atomic E-state index is 12.1. The van der Waals surface area contributed by atoms with Crippen molar-refractivity contribution in [2.75, 3.05) is 0 Å². The van der Waals surface area contributed by atoms with Crippen LogP contribution < -0.4 is 0 Å². The SMILES string of the molecule is Cc1csc(SC(C)C(=O)c2ccc(Cl)s2)n1. The first kappa shape index (κ1) is 13.1. The summed E-state index contributed by atoms with van der Waals surface area (Å²) in [5, 5.41) is 1.86. The smallest absolute Gasteiger partial charge is 0.185 e. The summed E-state index contributed by atoms with van der Waals surface area (Å²) < 4.78 is 1.58. The van der Waals surface area contributed by atoms with Crippen LogP contribution in [0.1, 0.15) is 22.3 Å². The Morgan fingerprint density at radius 3 is 2.82 bits per heavy atom. The third-order valence-corrected chi connectivity index (χ3v) is 5.50. The highest BCUT2D eigenvalue weighted by Crippen LogP contribution is 2.30. The molecule has 0 fully saturated rings. The van der Waals surface area contributed by atoms with E-state index in [4.69, 9.17) is 11.6 Å². The molecule has 0 aromatic carbocycles. The minimum atomic E-state index is -0.129. The Hall–Kier alpha value is -0.360. The van der Waals surface area contributed by atoms with E-state index in [1.807, 2.05) is 19.2 Å². The second-order valence-corrected chi connectivity index (χ2v) is 7.64. The maximum absolute atomic E-state index is 12.1.